The molecule has 3 rings (SSSR count). The van der Waals surface area contributed by atoms with Crippen molar-refractivity contribution < 1.29 is 9.53 Å². The van der Waals surface area contributed by atoms with Crippen LogP contribution in [0.1, 0.15) is 19.4 Å². The molecule has 0 unspecified atom stereocenters. The van der Waals surface area contributed by atoms with Gasteiger partial charge in [-0.1, -0.05) is 18.2 Å². The van der Waals surface area contributed by atoms with Crippen molar-refractivity contribution in [2.75, 3.05) is 23.3 Å². The van der Waals surface area contributed by atoms with E-state index in [4.69, 9.17) is 10.5 Å². The Balaban J connectivity index is 1.56. The Bertz CT molecular complexity index is 800. The number of carbonyl (C=O) groups excluding carboxylic acids is 1. The van der Waals surface area contributed by atoms with Gasteiger partial charge in [-0.2, -0.15) is 0 Å². The molecule has 0 saturated carbocycles. The average molecular weight is 352 g/mol. The highest BCUT2D eigenvalue weighted by molar-refractivity contribution is 5.99. The number of para-hydroxylation sites is 1. The summed E-state index contributed by atoms with van der Waals surface area (Å²) in [6.07, 6.45) is 1.01. The van der Waals surface area contributed by atoms with Gasteiger partial charge in [-0.05, 0) is 56.2 Å². The number of nitrogens with one attached hydrogen (secondary N) is 1. The van der Waals surface area contributed by atoms with Gasteiger partial charge in [0.15, 0.2) is 5.96 Å². The topological polar surface area (TPSA) is 80.0 Å². The van der Waals surface area contributed by atoms with Crippen molar-refractivity contribution in [2.24, 2.45) is 10.7 Å². The van der Waals surface area contributed by atoms with E-state index >= 15 is 0 Å². The van der Waals surface area contributed by atoms with Crippen molar-refractivity contribution in [2.45, 2.75) is 26.4 Å². The standard InChI is InChI=1S/C20H24N4O2/c1-14(2)26-17-9-7-16(8-10-17)23-20(21)22-13-19(25)24-12-11-15-5-3-4-6-18(15)24/h3-10,14H,11-13H2,1-2H3,(H3,21,22,23). The number of guanidine groups is 1. The molecule has 0 aliphatic carbocycles. The van der Waals surface area contributed by atoms with Gasteiger partial charge in [0, 0.05) is 17.9 Å². The van der Waals surface area contributed by atoms with Gasteiger partial charge >= 0.3 is 0 Å². The van der Waals surface area contributed by atoms with Gasteiger partial charge < -0.3 is 20.7 Å². The Morgan fingerprint density at radius 2 is 1.96 bits per heavy atom. The molecule has 1 aliphatic rings. The molecule has 6 heteroatoms. The maximum absolute atomic E-state index is 12.4. The predicted octanol–water partition coefficient (Wildman–Crippen LogP) is 2.79. The first-order valence-electron chi connectivity index (χ1n) is 8.75. The summed E-state index contributed by atoms with van der Waals surface area (Å²) in [5.74, 6) is 0.952. The normalized spacial score (nSPS) is 13.7. The van der Waals surface area contributed by atoms with E-state index in [1.807, 2.05) is 56.3 Å². The van der Waals surface area contributed by atoms with Crippen LogP contribution >= 0.6 is 0 Å². The van der Waals surface area contributed by atoms with Gasteiger partial charge in [-0.25, -0.2) is 4.99 Å². The zero-order chi connectivity index (χ0) is 18.5. The van der Waals surface area contributed by atoms with Crippen LogP contribution in [0.3, 0.4) is 0 Å². The van der Waals surface area contributed by atoms with Crippen LogP contribution in [0.25, 0.3) is 0 Å². The van der Waals surface area contributed by atoms with E-state index in [9.17, 15) is 4.79 Å². The van der Waals surface area contributed by atoms with Gasteiger partial charge in [0.1, 0.15) is 12.3 Å². The zero-order valence-electron chi connectivity index (χ0n) is 15.1. The predicted molar refractivity (Wildman–Crippen MR) is 105 cm³/mol. The highest BCUT2D eigenvalue weighted by atomic mass is 16.5. The Morgan fingerprint density at radius 3 is 2.69 bits per heavy atom. The van der Waals surface area contributed by atoms with E-state index in [2.05, 4.69) is 16.4 Å². The smallest absolute Gasteiger partial charge is 0.248 e. The first-order chi connectivity index (χ1) is 12.5. The molecular formula is C20H24N4O2. The van der Waals surface area contributed by atoms with E-state index < -0.39 is 0 Å². The van der Waals surface area contributed by atoms with Crippen molar-refractivity contribution in [1.29, 1.82) is 0 Å². The summed E-state index contributed by atoms with van der Waals surface area (Å²) >= 11 is 0. The second-order valence-electron chi connectivity index (χ2n) is 6.44. The lowest BCUT2D eigenvalue weighted by Gasteiger charge is -2.16. The minimum absolute atomic E-state index is 0.0156. The molecule has 136 valence electrons. The van der Waals surface area contributed by atoms with Crippen molar-refractivity contribution in [3.8, 4) is 5.75 Å². The number of ether oxygens (including phenoxy) is 1. The quantitative estimate of drug-likeness (QED) is 0.640. The maximum Gasteiger partial charge on any atom is 0.248 e. The summed E-state index contributed by atoms with van der Waals surface area (Å²) < 4.78 is 5.60. The van der Waals surface area contributed by atoms with Crippen molar-refractivity contribution in [3.05, 3.63) is 54.1 Å². The number of carbonyl (C=O) groups is 1. The number of hydrogen-bond acceptors (Lipinski definition) is 3. The lowest BCUT2D eigenvalue weighted by molar-refractivity contribution is -0.117. The van der Waals surface area contributed by atoms with Gasteiger partial charge in [0.05, 0.1) is 6.10 Å². The third-order valence-corrected chi connectivity index (χ3v) is 4.07. The monoisotopic (exact) mass is 352 g/mol. The fourth-order valence-electron chi connectivity index (χ4n) is 2.91. The Hall–Kier alpha value is -3.02. The third-order valence-electron chi connectivity index (χ3n) is 4.07. The van der Waals surface area contributed by atoms with Crippen LogP contribution in [-0.2, 0) is 11.2 Å². The first kappa shape index (κ1) is 17.8. The Kier molecular flexibility index (Phi) is 5.41. The number of aliphatic imine (C=N–C) groups is 1. The number of nitrogens with two attached hydrogens (primary N) is 1. The molecule has 2 aromatic rings. The van der Waals surface area contributed by atoms with E-state index in [-0.39, 0.29) is 24.5 Å². The van der Waals surface area contributed by atoms with Gasteiger partial charge in [-0.3, -0.25) is 4.79 Å². The number of hydrogen-bond donors (Lipinski definition) is 2. The summed E-state index contributed by atoms with van der Waals surface area (Å²) in [6.45, 7) is 4.67. The highest BCUT2D eigenvalue weighted by Crippen LogP contribution is 2.27. The van der Waals surface area contributed by atoms with Crippen molar-refractivity contribution >= 4 is 23.2 Å². The van der Waals surface area contributed by atoms with E-state index in [0.29, 0.717) is 6.54 Å². The van der Waals surface area contributed by atoms with Crippen LogP contribution in [0.15, 0.2) is 53.5 Å². The molecule has 2 aromatic carbocycles. The molecule has 0 saturated heterocycles. The van der Waals surface area contributed by atoms with Gasteiger partial charge in [0.25, 0.3) is 0 Å². The Morgan fingerprint density at radius 1 is 1.23 bits per heavy atom. The Labute approximate surface area is 153 Å². The van der Waals surface area contributed by atoms with Gasteiger partial charge in [0.2, 0.25) is 5.91 Å². The van der Waals surface area contributed by atoms with Crippen LogP contribution in [0.4, 0.5) is 11.4 Å². The lowest BCUT2D eigenvalue weighted by atomic mass is 10.2. The van der Waals surface area contributed by atoms with Crippen LogP contribution in [0, 0.1) is 0 Å². The summed E-state index contributed by atoms with van der Waals surface area (Å²) in [7, 11) is 0. The molecule has 0 fully saturated rings. The maximum atomic E-state index is 12.4. The largest absolute Gasteiger partial charge is 0.491 e. The summed E-state index contributed by atoms with van der Waals surface area (Å²) in [5, 5.41) is 2.99. The molecule has 1 amide bonds. The first-order valence-corrected chi connectivity index (χ1v) is 8.75. The van der Waals surface area contributed by atoms with E-state index in [1.54, 1.807) is 4.90 Å². The lowest BCUT2D eigenvalue weighted by Crippen LogP contribution is -2.32. The molecule has 0 atom stereocenters. The van der Waals surface area contributed by atoms with Crippen LogP contribution in [0.2, 0.25) is 0 Å². The third kappa shape index (κ3) is 4.33. The number of benzene rings is 2. The molecule has 0 aromatic heterocycles. The summed E-state index contributed by atoms with van der Waals surface area (Å²) in [6, 6.07) is 15.4. The molecule has 6 nitrogen and oxygen atoms in total. The highest BCUT2D eigenvalue weighted by Gasteiger charge is 2.23. The zero-order valence-corrected chi connectivity index (χ0v) is 15.1. The minimum atomic E-state index is -0.0552. The summed E-state index contributed by atoms with van der Waals surface area (Å²) in [4.78, 5) is 18.4. The molecular weight excluding hydrogens is 328 g/mol. The molecule has 0 radical (unpaired) electrons. The van der Waals surface area contributed by atoms with Crippen molar-refractivity contribution in [3.63, 3.8) is 0 Å². The molecule has 1 aliphatic heterocycles. The molecule has 1 heterocycles. The second-order valence-corrected chi connectivity index (χ2v) is 6.44. The number of anilines is 2. The number of amides is 1. The average Bonchev–Trinajstić information content (AvgIpc) is 3.05. The van der Waals surface area contributed by atoms with Crippen molar-refractivity contribution in [1.82, 2.24) is 0 Å². The number of rotatable bonds is 5. The van der Waals surface area contributed by atoms with Crippen LogP contribution < -0.4 is 20.7 Å². The molecule has 0 bridgehead atoms. The van der Waals surface area contributed by atoms with Crippen LogP contribution in [-0.4, -0.2) is 31.1 Å². The van der Waals surface area contributed by atoms with Crippen LogP contribution in [0.5, 0.6) is 5.75 Å². The SMILES string of the molecule is CC(C)Oc1ccc(NC(N)=NCC(=O)N2CCc3ccccc32)cc1. The van der Waals surface area contributed by atoms with E-state index in [0.717, 1.165) is 23.5 Å². The number of nitrogens with zero attached hydrogens (tertiary/aromatic N) is 2. The number of fused-ring (bicyclic) bond motifs is 1. The van der Waals surface area contributed by atoms with Gasteiger partial charge in [-0.15, -0.1) is 0 Å². The molecule has 26 heavy (non-hydrogen) atoms. The van der Waals surface area contributed by atoms with E-state index in [1.165, 1.54) is 5.56 Å². The fourth-order valence-corrected chi connectivity index (χ4v) is 2.91. The second kappa shape index (κ2) is 7.91. The molecule has 3 N–H and O–H groups in total. The fraction of sp³-hybridized carbons (Fsp3) is 0.300. The molecule has 0 spiro atoms. The minimum Gasteiger partial charge on any atom is -0.491 e. The summed E-state index contributed by atoms with van der Waals surface area (Å²) in [5.41, 5.74) is 8.86.